The van der Waals surface area contributed by atoms with Crippen molar-refractivity contribution in [3.05, 3.63) is 82.7 Å². The second kappa shape index (κ2) is 11.2. The topological polar surface area (TPSA) is 4.93 Å². The van der Waals surface area contributed by atoms with E-state index in [0.29, 0.717) is 0 Å². The number of hydrogen-bond acceptors (Lipinski definition) is 0. The van der Waals surface area contributed by atoms with Gasteiger partial charge in [-0.1, -0.05) is 19.9 Å². The van der Waals surface area contributed by atoms with Crippen LogP contribution in [0, 0.1) is 19.9 Å². The van der Waals surface area contributed by atoms with Crippen molar-refractivity contribution in [1.82, 2.24) is 4.57 Å². The van der Waals surface area contributed by atoms with E-state index >= 15 is 0 Å². The van der Waals surface area contributed by atoms with Crippen LogP contribution in [-0.4, -0.2) is 4.57 Å². The molecule has 0 N–H and O–H groups in total. The van der Waals surface area contributed by atoms with E-state index in [1.807, 2.05) is 0 Å². The van der Waals surface area contributed by atoms with Gasteiger partial charge >= 0.3 is 26.2 Å². The Labute approximate surface area is 194 Å². The minimum atomic E-state index is 0. The number of hydrogen-bond donors (Lipinski definition) is 0. The fourth-order valence-electron chi connectivity index (χ4n) is 3.14. The van der Waals surface area contributed by atoms with Gasteiger partial charge in [0.25, 0.3) is 0 Å². The second-order valence-electron chi connectivity index (χ2n) is 6.76. The summed E-state index contributed by atoms with van der Waals surface area (Å²) in [6, 6.07) is 15.2. The van der Waals surface area contributed by atoms with Crippen molar-refractivity contribution in [1.29, 1.82) is 0 Å². The molecule has 2 aromatic carbocycles. The number of rotatable bonds is 1. The fourth-order valence-corrected chi connectivity index (χ4v) is 3.14. The van der Waals surface area contributed by atoms with Gasteiger partial charge in [0.05, 0.1) is 0 Å². The second-order valence-corrected chi connectivity index (χ2v) is 6.76. The molecule has 1 aromatic heterocycles. The van der Waals surface area contributed by atoms with Crippen molar-refractivity contribution in [2.45, 2.75) is 41.0 Å². The molecule has 0 radical (unpaired) electrons. The van der Waals surface area contributed by atoms with E-state index in [4.69, 9.17) is 0 Å². The Balaban J connectivity index is 0.000000535. The van der Waals surface area contributed by atoms with E-state index in [0.717, 1.165) is 6.42 Å². The number of aryl methyl sites for hydroxylation is 2. The van der Waals surface area contributed by atoms with E-state index < -0.39 is 0 Å². The first-order valence-electron chi connectivity index (χ1n) is 8.51. The van der Waals surface area contributed by atoms with Gasteiger partial charge in [-0.2, -0.15) is 11.1 Å². The predicted octanol–water partition coefficient (Wildman–Crippen LogP) is 0.448. The third-order valence-corrected chi connectivity index (χ3v) is 4.85. The zero-order valence-corrected chi connectivity index (χ0v) is 20.5. The number of fused-ring (bicyclic) bond motifs is 1. The third kappa shape index (κ3) is 6.01. The number of halogens is 2. The minimum absolute atomic E-state index is 0. The van der Waals surface area contributed by atoms with Crippen molar-refractivity contribution in [3.63, 3.8) is 0 Å². The molecule has 0 spiro atoms. The molecule has 4 heteroatoms. The summed E-state index contributed by atoms with van der Waals surface area (Å²) in [5.41, 5.74) is 8.09. The Morgan fingerprint density at radius 3 is 2.07 bits per heavy atom. The number of aromatic nitrogens is 1. The summed E-state index contributed by atoms with van der Waals surface area (Å²) in [5.74, 6) is 0. The van der Waals surface area contributed by atoms with Crippen molar-refractivity contribution in [2.24, 2.45) is 0 Å². The van der Waals surface area contributed by atoms with Gasteiger partial charge in [0.2, 0.25) is 0 Å². The molecule has 0 bridgehead atoms. The molecular formula is C23H25Cl2NZr. The first-order valence-corrected chi connectivity index (χ1v) is 8.51. The molecule has 0 aliphatic heterocycles. The molecule has 1 aliphatic carbocycles. The van der Waals surface area contributed by atoms with Crippen LogP contribution in [0.4, 0.5) is 0 Å². The van der Waals surface area contributed by atoms with Crippen LogP contribution in [0.2, 0.25) is 0 Å². The summed E-state index contributed by atoms with van der Waals surface area (Å²) in [6.45, 7) is 10.7. The largest absolute Gasteiger partial charge is 4.00 e. The average molecular weight is 478 g/mol. The molecule has 0 fully saturated rings. The molecule has 140 valence electrons. The Bertz CT molecular complexity index is 906. The Morgan fingerprint density at radius 1 is 0.963 bits per heavy atom. The first-order chi connectivity index (χ1) is 11.5. The number of nitrogens with zero attached hydrogens (tertiary/aromatic N) is 1. The summed E-state index contributed by atoms with van der Waals surface area (Å²) in [4.78, 5) is 0. The van der Waals surface area contributed by atoms with Crippen LogP contribution >= 0.6 is 0 Å². The zero-order chi connectivity index (χ0) is 17.3. The van der Waals surface area contributed by atoms with Crippen LogP contribution in [0.5, 0.6) is 0 Å². The van der Waals surface area contributed by atoms with Crippen LogP contribution in [-0.2, 0) is 26.2 Å². The molecule has 0 saturated heterocycles. The summed E-state index contributed by atoms with van der Waals surface area (Å²) in [6.07, 6.45) is 6.50. The van der Waals surface area contributed by atoms with Crippen LogP contribution in [0.25, 0.3) is 16.5 Å². The average Bonchev–Trinajstić information content (AvgIpc) is 3.21. The molecule has 0 unspecified atom stereocenters. The maximum atomic E-state index is 3.26. The molecule has 4 rings (SSSR count). The normalized spacial score (nSPS) is 12.4. The van der Waals surface area contributed by atoms with Gasteiger partial charge in [0.15, 0.2) is 0 Å². The maximum Gasteiger partial charge on any atom is 4.00 e. The Kier molecular flexibility index (Phi) is 10.8. The molecule has 0 amide bonds. The van der Waals surface area contributed by atoms with Gasteiger partial charge in [0, 0.05) is 11.9 Å². The number of benzene rings is 1. The fraction of sp³-hybridized carbons (Fsp3) is 0.261. The summed E-state index contributed by atoms with van der Waals surface area (Å²) in [7, 11) is 0. The SMILES string of the molecule is CC1=[C-]CC(C)=C1C.Cc1cc(C)n(-c2cc3ccccc3[cH-]2)c1.[Cl-].[Cl-].[Zr+4]. The summed E-state index contributed by atoms with van der Waals surface area (Å²) in [5, 5.41) is 2.62. The van der Waals surface area contributed by atoms with Gasteiger partial charge in [-0.15, -0.1) is 54.4 Å². The predicted molar refractivity (Wildman–Crippen MR) is 104 cm³/mol. The monoisotopic (exact) mass is 475 g/mol. The van der Waals surface area contributed by atoms with Gasteiger partial charge < -0.3 is 29.4 Å². The Morgan fingerprint density at radius 2 is 1.63 bits per heavy atom. The van der Waals surface area contributed by atoms with Gasteiger partial charge in [0.1, 0.15) is 0 Å². The zero-order valence-electron chi connectivity index (χ0n) is 16.5. The minimum Gasteiger partial charge on any atom is -1.00 e. The van der Waals surface area contributed by atoms with Crippen LogP contribution < -0.4 is 24.8 Å². The Hall–Kier alpha value is -0.947. The molecule has 3 aromatic rings. The van der Waals surface area contributed by atoms with Crippen LogP contribution in [0.15, 0.2) is 65.4 Å². The summed E-state index contributed by atoms with van der Waals surface area (Å²) >= 11 is 0. The van der Waals surface area contributed by atoms with Crippen LogP contribution in [0.3, 0.4) is 0 Å². The van der Waals surface area contributed by atoms with E-state index in [-0.39, 0.29) is 51.0 Å². The maximum absolute atomic E-state index is 3.26. The smallest absolute Gasteiger partial charge is 1.00 e. The molecule has 27 heavy (non-hydrogen) atoms. The van der Waals surface area contributed by atoms with E-state index in [1.54, 1.807) is 0 Å². The molecule has 1 nitrogen and oxygen atoms in total. The quantitative estimate of drug-likeness (QED) is 0.449. The van der Waals surface area contributed by atoms with Gasteiger partial charge in [-0.3, -0.25) is 6.08 Å². The standard InChI is InChI=1S/C15H14N.C8H11.2ClH.Zr/c1-11-7-12(2)16(10-11)15-8-13-5-3-4-6-14(13)9-15;1-6-4-5-7(2)8(6)3;;;/h3-10H,1-2H3;4H2,1-3H3;2*1H;/q2*-1;;;+4/p-2. The van der Waals surface area contributed by atoms with Crippen LogP contribution in [0.1, 0.15) is 38.4 Å². The third-order valence-electron chi connectivity index (χ3n) is 4.85. The van der Waals surface area contributed by atoms with Gasteiger partial charge in [-0.05, 0) is 31.2 Å². The van der Waals surface area contributed by atoms with E-state index in [2.05, 4.69) is 93.9 Å². The number of allylic oxidation sites excluding steroid dienone is 4. The van der Waals surface area contributed by atoms with Gasteiger partial charge in [-0.25, -0.2) is 5.57 Å². The summed E-state index contributed by atoms with van der Waals surface area (Å²) < 4.78 is 2.25. The van der Waals surface area contributed by atoms with Crippen molar-refractivity contribution < 1.29 is 51.0 Å². The van der Waals surface area contributed by atoms with Crippen molar-refractivity contribution >= 4 is 10.8 Å². The van der Waals surface area contributed by atoms with E-state index in [9.17, 15) is 0 Å². The molecular weight excluding hydrogens is 452 g/mol. The first kappa shape index (κ1) is 26.1. The van der Waals surface area contributed by atoms with Crippen molar-refractivity contribution in [3.8, 4) is 5.69 Å². The molecule has 1 heterocycles. The molecule has 1 aliphatic rings. The molecule has 0 atom stereocenters. The van der Waals surface area contributed by atoms with Crippen molar-refractivity contribution in [2.75, 3.05) is 0 Å². The molecule has 0 saturated carbocycles. The van der Waals surface area contributed by atoms with E-state index in [1.165, 1.54) is 44.4 Å².